The van der Waals surface area contributed by atoms with Gasteiger partial charge in [0.1, 0.15) is 0 Å². The number of hydrogen-bond acceptors (Lipinski definition) is 2. The molecular formula is C22H29N3O. The van der Waals surface area contributed by atoms with E-state index in [1.165, 1.54) is 29.5 Å². The van der Waals surface area contributed by atoms with Crippen LogP contribution >= 0.6 is 0 Å². The van der Waals surface area contributed by atoms with Crippen LogP contribution in [-0.2, 0) is 23.3 Å². The lowest BCUT2D eigenvalue weighted by Gasteiger charge is -2.19. The van der Waals surface area contributed by atoms with Crippen LogP contribution in [0.5, 0.6) is 0 Å². The molecule has 0 aliphatic heterocycles. The highest BCUT2D eigenvalue weighted by atomic mass is 16.5. The summed E-state index contributed by atoms with van der Waals surface area (Å²) in [5.74, 6) is 0.881. The van der Waals surface area contributed by atoms with Crippen molar-refractivity contribution in [3.05, 3.63) is 71.3 Å². The van der Waals surface area contributed by atoms with Crippen LogP contribution < -0.4 is 10.6 Å². The lowest BCUT2D eigenvalue weighted by atomic mass is 9.96. The molecule has 0 bridgehead atoms. The number of methoxy groups -OCH3 is 1. The molecule has 2 aromatic carbocycles. The standard InChI is InChI=1S/C22H29N3O/c1-3-23-21(24-15-18-8-7-9-19(14-18)16-26-2)25-17-22(12-13-22)20-10-5-4-6-11-20/h4-11,14H,3,12-13,15-17H2,1-2H3,(H2,23,24,25). The first-order chi connectivity index (χ1) is 12.8. The Hall–Kier alpha value is -2.33. The van der Waals surface area contributed by atoms with Gasteiger partial charge in [-0.05, 0) is 36.5 Å². The topological polar surface area (TPSA) is 45.7 Å². The van der Waals surface area contributed by atoms with E-state index in [-0.39, 0.29) is 5.41 Å². The number of aliphatic imine (C=N–C) groups is 1. The molecule has 26 heavy (non-hydrogen) atoms. The Balaban J connectivity index is 1.62. The van der Waals surface area contributed by atoms with E-state index in [1.807, 2.05) is 0 Å². The highest BCUT2D eigenvalue weighted by Gasteiger charge is 2.43. The summed E-state index contributed by atoms with van der Waals surface area (Å²) in [5, 5.41) is 6.90. The van der Waals surface area contributed by atoms with E-state index in [0.717, 1.165) is 19.0 Å². The maximum absolute atomic E-state index is 5.21. The van der Waals surface area contributed by atoms with Crippen molar-refractivity contribution < 1.29 is 4.74 Å². The maximum atomic E-state index is 5.21. The molecular weight excluding hydrogens is 322 g/mol. The molecule has 4 nitrogen and oxygen atoms in total. The first-order valence-corrected chi connectivity index (χ1v) is 9.40. The molecule has 0 spiro atoms. The molecule has 1 fully saturated rings. The zero-order valence-corrected chi connectivity index (χ0v) is 15.8. The molecule has 1 aliphatic carbocycles. The largest absolute Gasteiger partial charge is 0.380 e. The maximum Gasteiger partial charge on any atom is 0.191 e. The summed E-state index contributed by atoms with van der Waals surface area (Å²) in [5.41, 5.74) is 4.08. The SMILES string of the molecule is CCNC(=NCc1cccc(COC)c1)NCC1(c2ccccc2)CC1. The Morgan fingerprint density at radius 3 is 2.50 bits per heavy atom. The number of ether oxygens (including phenoxy) is 1. The molecule has 4 heteroatoms. The van der Waals surface area contributed by atoms with E-state index in [4.69, 9.17) is 9.73 Å². The van der Waals surface area contributed by atoms with Crippen molar-refractivity contribution in [1.29, 1.82) is 0 Å². The second-order valence-electron chi connectivity index (χ2n) is 6.95. The highest BCUT2D eigenvalue weighted by molar-refractivity contribution is 5.80. The number of hydrogen-bond donors (Lipinski definition) is 2. The summed E-state index contributed by atoms with van der Waals surface area (Å²) < 4.78 is 5.21. The van der Waals surface area contributed by atoms with E-state index < -0.39 is 0 Å². The second kappa shape index (κ2) is 8.86. The predicted molar refractivity (Wildman–Crippen MR) is 107 cm³/mol. The van der Waals surface area contributed by atoms with Crippen molar-refractivity contribution in [1.82, 2.24) is 10.6 Å². The van der Waals surface area contributed by atoms with Crippen molar-refractivity contribution >= 4 is 5.96 Å². The van der Waals surface area contributed by atoms with Gasteiger partial charge < -0.3 is 15.4 Å². The second-order valence-corrected chi connectivity index (χ2v) is 6.95. The normalized spacial score (nSPS) is 15.5. The van der Waals surface area contributed by atoms with Crippen LogP contribution in [0.15, 0.2) is 59.6 Å². The van der Waals surface area contributed by atoms with E-state index in [2.05, 4.69) is 72.2 Å². The number of rotatable bonds is 8. The summed E-state index contributed by atoms with van der Waals surface area (Å²) in [6, 6.07) is 19.2. The number of nitrogens with zero attached hydrogens (tertiary/aromatic N) is 1. The average molecular weight is 351 g/mol. The van der Waals surface area contributed by atoms with E-state index in [9.17, 15) is 0 Å². The molecule has 3 rings (SSSR count). The van der Waals surface area contributed by atoms with Crippen molar-refractivity contribution in [2.45, 2.75) is 38.3 Å². The van der Waals surface area contributed by atoms with Crippen molar-refractivity contribution in [3.8, 4) is 0 Å². The molecule has 0 amide bonds. The van der Waals surface area contributed by atoms with Gasteiger partial charge in [0.2, 0.25) is 0 Å². The number of benzene rings is 2. The molecule has 0 atom stereocenters. The number of nitrogens with one attached hydrogen (secondary N) is 2. The molecule has 1 saturated carbocycles. The number of guanidine groups is 1. The minimum absolute atomic E-state index is 0.274. The third kappa shape index (κ3) is 4.85. The van der Waals surface area contributed by atoms with Crippen LogP contribution in [0.2, 0.25) is 0 Å². The molecule has 0 aromatic heterocycles. The van der Waals surface area contributed by atoms with E-state index >= 15 is 0 Å². The minimum Gasteiger partial charge on any atom is -0.380 e. The van der Waals surface area contributed by atoms with Crippen molar-refractivity contribution in [2.75, 3.05) is 20.2 Å². The summed E-state index contributed by atoms with van der Waals surface area (Å²) in [4.78, 5) is 4.76. The summed E-state index contributed by atoms with van der Waals surface area (Å²) in [6.45, 7) is 5.17. The van der Waals surface area contributed by atoms with Crippen molar-refractivity contribution in [2.24, 2.45) is 4.99 Å². The summed E-state index contributed by atoms with van der Waals surface area (Å²) in [6.07, 6.45) is 2.48. The molecule has 138 valence electrons. The van der Waals surface area contributed by atoms with Gasteiger partial charge in [0, 0.05) is 25.6 Å². The van der Waals surface area contributed by atoms with Gasteiger partial charge >= 0.3 is 0 Å². The van der Waals surface area contributed by atoms with Crippen LogP contribution in [0.3, 0.4) is 0 Å². The van der Waals surface area contributed by atoms with Crippen molar-refractivity contribution in [3.63, 3.8) is 0 Å². The van der Waals surface area contributed by atoms with Gasteiger partial charge in [0.25, 0.3) is 0 Å². The third-order valence-corrected chi connectivity index (χ3v) is 4.90. The predicted octanol–water partition coefficient (Wildman–Crippen LogP) is 3.62. The molecule has 0 saturated heterocycles. The third-order valence-electron chi connectivity index (χ3n) is 4.90. The Morgan fingerprint density at radius 1 is 1.04 bits per heavy atom. The van der Waals surface area contributed by atoms with Crippen LogP contribution in [0.1, 0.15) is 36.5 Å². The lowest BCUT2D eigenvalue weighted by molar-refractivity contribution is 0.185. The van der Waals surface area contributed by atoms with Gasteiger partial charge in [-0.25, -0.2) is 4.99 Å². The van der Waals surface area contributed by atoms with Crippen LogP contribution in [0.4, 0.5) is 0 Å². The Morgan fingerprint density at radius 2 is 1.81 bits per heavy atom. The average Bonchev–Trinajstić information content (AvgIpc) is 3.47. The van der Waals surface area contributed by atoms with Gasteiger partial charge in [-0.15, -0.1) is 0 Å². The fourth-order valence-electron chi connectivity index (χ4n) is 3.26. The monoisotopic (exact) mass is 351 g/mol. The van der Waals surface area contributed by atoms with Gasteiger partial charge in [0.15, 0.2) is 5.96 Å². The van der Waals surface area contributed by atoms with Gasteiger partial charge in [0.05, 0.1) is 13.2 Å². The Bertz CT molecular complexity index is 723. The fraction of sp³-hybridized carbons (Fsp3) is 0.409. The first-order valence-electron chi connectivity index (χ1n) is 9.40. The van der Waals surface area contributed by atoms with Gasteiger partial charge in [-0.3, -0.25) is 0 Å². The Kier molecular flexibility index (Phi) is 6.29. The zero-order chi connectivity index (χ0) is 18.2. The van der Waals surface area contributed by atoms with Crippen LogP contribution in [-0.4, -0.2) is 26.2 Å². The molecule has 0 radical (unpaired) electrons. The quantitative estimate of drug-likeness (QED) is 0.564. The lowest BCUT2D eigenvalue weighted by Crippen LogP contribution is -2.41. The fourth-order valence-corrected chi connectivity index (χ4v) is 3.26. The Labute approximate surface area is 156 Å². The highest BCUT2D eigenvalue weighted by Crippen LogP contribution is 2.47. The van der Waals surface area contributed by atoms with E-state index in [1.54, 1.807) is 7.11 Å². The molecule has 1 aliphatic rings. The first kappa shape index (κ1) is 18.5. The zero-order valence-electron chi connectivity index (χ0n) is 15.8. The molecule has 2 aromatic rings. The van der Waals surface area contributed by atoms with Gasteiger partial charge in [-0.1, -0.05) is 54.6 Å². The molecule has 0 heterocycles. The van der Waals surface area contributed by atoms with Crippen LogP contribution in [0.25, 0.3) is 0 Å². The summed E-state index contributed by atoms with van der Waals surface area (Å²) >= 11 is 0. The van der Waals surface area contributed by atoms with E-state index in [0.29, 0.717) is 13.2 Å². The molecule has 0 unspecified atom stereocenters. The smallest absolute Gasteiger partial charge is 0.191 e. The summed E-state index contributed by atoms with van der Waals surface area (Å²) in [7, 11) is 1.72. The molecule has 2 N–H and O–H groups in total. The van der Waals surface area contributed by atoms with Gasteiger partial charge in [-0.2, -0.15) is 0 Å². The minimum atomic E-state index is 0.274. The van der Waals surface area contributed by atoms with Crippen LogP contribution in [0, 0.1) is 0 Å².